The monoisotopic (exact) mass is 122 g/mol. The highest BCUT2D eigenvalue weighted by atomic mass is 14.4. The van der Waals surface area contributed by atoms with Crippen molar-refractivity contribution in [1.29, 1.82) is 0 Å². The van der Waals surface area contributed by atoms with E-state index < -0.39 is 0 Å². The van der Waals surface area contributed by atoms with Crippen LogP contribution in [0.4, 0.5) is 0 Å². The minimum atomic E-state index is 0.958. The third-order valence-electron chi connectivity index (χ3n) is 3.06. The summed E-state index contributed by atoms with van der Waals surface area (Å²) < 4.78 is 0. The Labute approximate surface area is 57.0 Å². The zero-order valence-corrected chi connectivity index (χ0v) is 6.17. The van der Waals surface area contributed by atoms with Gasteiger partial charge in [-0.2, -0.15) is 0 Å². The van der Waals surface area contributed by atoms with Crippen LogP contribution in [-0.4, -0.2) is 0 Å². The van der Waals surface area contributed by atoms with Gasteiger partial charge in [-0.15, -0.1) is 0 Å². The molecule has 0 amide bonds. The molecule has 0 bridgehead atoms. The number of hydrogen-bond donors (Lipinski definition) is 0. The van der Waals surface area contributed by atoms with Gasteiger partial charge in [0.2, 0.25) is 0 Å². The molecule has 2 unspecified atom stereocenters. The van der Waals surface area contributed by atoms with E-state index in [9.17, 15) is 0 Å². The van der Waals surface area contributed by atoms with Crippen molar-refractivity contribution in [3.63, 3.8) is 0 Å². The van der Waals surface area contributed by atoms with Gasteiger partial charge in [-0.3, -0.25) is 0 Å². The third kappa shape index (κ3) is 0.593. The summed E-state index contributed by atoms with van der Waals surface area (Å²) in [5, 5.41) is 0. The molecule has 0 spiro atoms. The summed E-state index contributed by atoms with van der Waals surface area (Å²) in [6.07, 6.45) is 6.22. The fourth-order valence-corrected chi connectivity index (χ4v) is 2.41. The van der Waals surface area contributed by atoms with Crippen molar-refractivity contribution in [2.45, 2.75) is 20.3 Å². The maximum absolute atomic E-state index is 2.39. The van der Waals surface area contributed by atoms with E-state index in [1.165, 1.54) is 6.42 Å². The molecule has 0 nitrogen and oxygen atoms in total. The van der Waals surface area contributed by atoms with E-state index in [0.717, 1.165) is 23.7 Å². The van der Waals surface area contributed by atoms with Gasteiger partial charge in [-0.05, 0) is 30.1 Å². The van der Waals surface area contributed by atoms with Crippen molar-refractivity contribution in [3.05, 3.63) is 12.2 Å². The lowest BCUT2D eigenvalue weighted by molar-refractivity contribution is 0.386. The lowest BCUT2D eigenvalue weighted by atomic mass is 9.79. The number of fused-ring (bicyclic) bond motifs is 1. The molecule has 0 aromatic carbocycles. The molecule has 0 aromatic rings. The molecule has 2 aliphatic carbocycles. The van der Waals surface area contributed by atoms with Gasteiger partial charge >= 0.3 is 0 Å². The Morgan fingerprint density at radius 1 is 1.00 bits per heavy atom. The molecule has 0 heterocycles. The number of hydrogen-bond acceptors (Lipinski definition) is 0. The van der Waals surface area contributed by atoms with Crippen LogP contribution in [0, 0.1) is 23.7 Å². The Kier molecular flexibility index (Phi) is 0.992. The highest BCUT2D eigenvalue weighted by Gasteiger charge is 2.39. The van der Waals surface area contributed by atoms with Crippen molar-refractivity contribution < 1.29 is 0 Å². The lowest BCUT2D eigenvalue weighted by Crippen LogP contribution is -2.18. The van der Waals surface area contributed by atoms with E-state index >= 15 is 0 Å². The second-order valence-corrected chi connectivity index (χ2v) is 3.73. The highest BCUT2D eigenvalue weighted by molar-refractivity contribution is 5.15. The maximum Gasteiger partial charge on any atom is -0.0142 e. The molecular formula is C9H14. The van der Waals surface area contributed by atoms with Crippen LogP contribution in [0.1, 0.15) is 20.3 Å². The first-order chi connectivity index (χ1) is 4.29. The average molecular weight is 122 g/mol. The standard InChI is InChI=1S/C9H14/c1-6-5-7(2)9-4-3-8(6)9/h3-4,6-9H,5H2,1-2H3/t6?,7?,8-,9+. The van der Waals surface area contributed by atoms with Crippen molar-refractivity contribution >= 4 is 0 Å². The van der Waals surface area contributed by atoms with Crippen molar-refractivity contribution in [2.24, 2.45) is 23.7 Å². The first kappa shape index (κ1) is 5.52. The summed E-state index contributed by atoms with van der Waals surface area (Å²) in [4.78, 5) is 0. The number of rotatable bonds is 0. The fraction of sp³-hybridized carbons (Fsp3) is 0.778. The van der Waals surface area contributed by atoms with Gasteiger partial charge in [-0.1, -0.05) is 26.0 Å². The van der Waals surface area contributed by atoms with Gasteiger partial charge in [0.05, 0.1) is 0 Å². The first-order valence-electron chi connectivity index (χ1n) is 3.97. The van der Waals surface area contributed by atoms with E-state index in [-0.39, 0.29) is 0 Å². The molecule has 4 atom stereocenters. The molecule has 0 saturated heterocycles. The SMILES string of the molecule is CC1CC(C)[C@@H]2C=C[C@H]12. The Hall–Kier alpha value is -0.260. The summed E-state index contributed by atoms with van der Waals surface area (Å²) in [5.41, 5.74) is 0. The Bertz CT molecular complexity index is 130. The van der Waals surface area contributed by atoms with Crippen LogP contribution < -0.4 is 0 Å². The lowest BCUT2D eigenvalue weighted by Gasteiger charge is -2.26. The zero-order valence-electron chi connectivity index (χ0n) is 6.17. The third-order valence-corrected chi connectivity index (χ3v) is 3.06. The minimum absolute atomic E-state index is 0.958. The molecule has 0 aliphatic heterocycles. The predicted molar refractivity (Wildman–Crippen MR) is 39.1 cm³/mol. The predicted octanol–water partition coefficient (Wildman–Crippen LogP) is 2.46. The van der Waals surface area contributed by atoms with E-state index in [1.807, 2.05) is 0 Å². The summed E-state index contributed by atoms with van der Waals surface area (Å²) in [5.74, 6) is 3.85. The topological polar surface area (TPSA) is 0 Å². The van der Waals surface area contributed by atoms with Crippen LogP contribution in [-0.2, 0) is 0 Å². The minimum Gasteiger partial charge on any atom is -0.0842 e. The van der Waals surface area contributed by atoms with Gasteiger partial charge in [0.15, 0.2) is 0 Å². The molecule has 1 saturated carbocycles. The van der Waals surface area contributed by atoms with Crippen LogP contribution in [0.2, 0.25) is 0 Å². The Morgan fingerprint density at radius 2 is 1.44 bits per heavy atom. The van der Waals surface area contributed by atoms with Crippen LogP contribution in [0.3, 0.4) is 0 Å². The van der Waals surface area contributed by atoms with Crippen LogP contribution in [0.5, 0.6) is 0 Å². The first-order valence-corrected chi connectivity index (χ1v) is 3.97. The maximum atomic E-state index is 2.39. The van der Waals surface area contributed by atoms with Crippen molar-refractivity contribution in [1.82, 2.24) is 0 Å². The van der Waals surface area contributed by atoms with E-state index in [2.05, 4.69) is 26.0 Å². The van der Waals surface area contributed by atoms with Gasteiger partial charge < -0.3 is 0 Å². The van der Waals surface area contributed by atoms with E-state index in [0.29, 0.717) is 0 Å². The molecule has 0 aromatic heterocycles. The number of allylic oxidation sites excluding steroid dienone is 2. The second kappa shape index (κ2) is 1.62. The largest absolute Gasteiger partial charge is 0.0842 e. The Balaban J connectivity index is 2.17. The normalized spacial score (nSPS) is 54.9. The van der Waals surface area contributed by atoms with Gasteiger partial charge in [0.1, 0.15) is 0 Å². The fourth-order valence-electron chi connectivity index (χ4n) is 2.41. The quantitative estimate of drug-likeness (QED) is 0.433. The summed E-state index contributed by atoms with van der Waals surface area (Å²) >= 11 is 0. The van der Waals surface area contributed by atoms with Gasteiger partial charge in [0, 0.05) is 0 Å². The molecule has 2 aliphatic rings. The molecule has 0 N–H and O–H groups in total. The zero-order chi connectivity index (χ0) is 6.43. The smallest absolute Gasteiger partial charge is 0.0142 e. The molecule has 1 fully saturated rings. The van der Waals surface area contributed by atoms with Crippen LogP contribution in [0.15, 0.2) is 12.2 Å². The van der Waals surface area contributed by atoms with E-state index in [1.54, 1.807) is 0 Å². The van der Waals surface area contributed by atoms with Gasteiger partial charge in [-0.25, -0.2) is 0 Å². The van der Waals surface area contributed by atoms with Crippen LogP contribution >= 0.6 is 0 Å². The molecule has 0 heteroatoms. The van der Waals surface area contributed by atoms with E-state index in [4.69, 9.17) is 0 Å². The summed E-state index contributed by atoms with van der Waals surface area (Å²) in [6, 6.07) is 0. The molecule has 2 rings (SSSR count). The summed E-state index contributed by atoms with van der Waals surface area (Å²) in [6.45, 7) is 4.76. The van der Waals surface area contributed by atoms with Crippen molar-refractivity contribution in [2.75, 3.05) is 0 Å². The Morgan fingerprint density at radius 3 is 1.67 bits per heavy atom. The molecular weight excluding hydrogens is 108 g/mol. The average Bonchev–Trinajstić information content (AvgIpc) is 1.73. The van der Waals surface area contributed by atoms with Crippen LogP contribution in [0.25, 0.3) is 0 Å². The molecule has 50 valence electrons. The molecule has 9 heavy (non-hydrogen) atoms. The summed E-state index contributed by atoms with van der Waals surface area (Å²) in [7, 11) is 0. The molecule has 0 radical (unpaired) electrons. The highest BCUT2D eigenvalue weighted by Crippen LogP contribution is 2.47. The van der Waals surface area contributed by atoms with Gasteiger partial charge in [0.25, 0.3) is 0 Å². The second-order valence-electron chi connectivity index (χ2n) is 3.73. The van der Waals surface area contributed by atoms with Crippen molar-refractivity contribution in [3.8, 4) is 0 Å².